The maximum Gasteiger partial charge on any atom is 0.272 e. The van der Waals surface area contributed by atoms with Crippen molar-refractivity contribution in [2.24, 2.45) is 0 Å². The number of carbonyl (C=O) groups excluding carboxylic acids is 1. The molecule has 1 aliphatic heterocycles. The Labute approximate surface area is 106 Å². The van der Waals surface area contributed by atoms with Crippen LogP contribution < -0.4 is 5.32 Å². The van der Waals surface area contributed by atoms with E-state index >= 15 is 0 Å². The van der Waals surface area contributed by atoms with Crippen molar-refractivity contribution in [1.29, 1.82) is 0 Å². The number of rotatable bonds is 4. The number of aromatic nitrogens is 2. The Bertz CT molecular complexity index is 354. The molecule has 0 spiro atoms. The molecule has 1 saturated heterocycles. The van der Waals surface area contributed by atoms with Crippen LogP contribution in [0.5, 0.6) is 0 Å². The maximum atomic E-state index is 11.6. The van der Waals surface area contributed by atoms with Crippen LogP contribution in [0.15, 0.2) is 6.20 Å². The first-order chi connectivity index (χ1) is 8.27. The van der Waals surface area contributed by atoms with Crippen LogP contribution >= 0.6 is 11.7 Å². The molecule has 0 bridgehead atoms. The number of hydrogen-bond donors (Lipinski definition) is 1. The van der Waals surface area contributed by atoms with Crippen molar-refractivity contribution in [2.75, 3.05) is 19.6 Å². The maximum absolute atomic E-state index is 11.6. The van der Waals surface area contributed by atoms with Crippen LogP contribution in [0.3, 0.4) is 0 Å². The average molecular weight is 254 g/mol. The summed E-state index contributed by atoms with van der Waals surface area (Å²) >= 11 is 1.06. The fourth-order valence-electron chi connectivity index (χ4n) is 2.16. The molecule has 1 fully saturated rings. The first-order valence-electron chi connectivity index (χ1n) is 6.07. The summed E-state index contributed by atoms with van der Waals surface area (Å²) in [5.41, 5.74) is 0.418. The largest absolute Gasteiger partial charge is 0.349 e. The lowest BCUT2D eigenvalue weighted by molar-refractivity contribution is 0.0934. The summed E-state index contributed by atoms with van der Waals surface area (Å²) in [6, 6.07) is 0.640. The lowest BCUT2D eigenvalue weighted by atomic mass is 10.0. The monoisotopic (exact) mass is 254 g/mol. The minimum atomic E-state index is -0.122. The van der Waals surface area contributed by atoms with Crippen LogP contribution in [0.25, 0.3) is 0 Å². The Hall–Kier alpha value is -1.01. The molecule has 0 aromatic carbocycles. The minimum absolute atomic E-state index is 0.122. The lowest BCUT2D eigenvalue weighted by Gasteiger charge is -2.33. The molecule has 1 N–H and O–H groups in total. The first kappa shape index (κ1) is 12.4. The predicted octanol–water partition coefficient (Wildman–Crippen LogP) is 1.14. The zero-order valence-corrected chi connectivity index (χ0v) is 10.9. The van der Waals surface area contributed by atoms with E-state index in [0.29, 0.717) is 18.3 Å². The molecule has 1 aromatic rings. The smallest absolute Gasteiger partial charge is 0.272 e. The molecule has 1 atom stereocenters. The molecular weight excluding hydrogens is 236 g/mol. The third-order valence-electron chi connectivity index (χ3n) is 3.22. The molecule has 1 aromatic heterocycles. The van der Waals surface area contributed by atoms with Crippen LogP contribution in [0.4, 0.5) is 0 Å². The van der Waals surface area contributed by atoms with Gasteiger partial charge in [-0.1, -0.05) is 6.42 Å². The highest BCUT2D eigenvalue weighted by Gasteiger charge is 2.17. The first-order valence-corrected chi connectivity index (χ1v) is 6.80. The van der Waals surface area contributed by atoms with Crippen LogP contribution in [0, 0.1) is 0 Å². The van der Waals surface area contributed by atoms with Gasteiger partial charge in [-0.2, -0.15) is 8.75 Å². The summed E-state index contributed by atoms with van der Waals surface area (Å²) in [7, 11) is 0. The van der Waals surface area contributed by atoms with Crippen molar-refractivity contribution in [3.8, 4) is 0 Å². The molecule has 0 radical (unpaired) electrons. The number of nitrogens with zero attached hydrogens (tertiary/aromatic N) is 3. The summed E-state index contributed by atoms with van der Waals surface area (Å²) in [6.45, 7) is 5.01. The van der Waals surface area contributed by atoms with E-state index in [1.165, 1.54) is 25.5 Å². The minimum Gasteiger partial charge on any atom is -0.349 e. The Balaban J connectivity index is 1.70. The second kappa shape index (κ2) is 6.07. The van der Waals surface area contributed by atoms with Gasteiger partial charge in [-0.3, -0.25) is 9.69 Å². The van der Waals surface area contributed by atoms with E-state index in [-0.39, 0.29) is 5.91 Å². The van der Waals surface area contributed by atoms with Gasteiger partial charge in [-0.25, -0.2) is 0 Å². The van der Waals surface area contributed by atoms with Crippen LogP contribution in [-0.4, -0.2) is 45.2 Å². The van der Waals surface area contributed by atoms with Gasteiger partial charge in [-0.05, 0) is 26.3 Å². The van der Waals surface area contributed by atoms with Gasteiger partial charge in [-0.15, -0.1) is 0 Å². The third kappa shape index (κ3) is 3.47. The summed E-state index contributed by atoms with van der Waals surface area (Å²) in [4.78, 5) is 14.0. The summed E-state index contributed by atoms with van der Waals surface area (Å²) in [5, 5.41) is 2.88. The zero-order valence-electron chi connectivity index (χ0n) is 10.1. The highest BCUT2D eigenvalue weighted by atomic mass is 32.1. The van der Waals surface area contributed by atoms with Crippen LogP contribution in [0.2, 0.25) is 0 Å². The number of amides is 1. The standard InChI is InChI=1S/C11H18N4OS/c1-9-4-2-3-6-15(9)7-5-12-11(16)10-8-13-17-14-10/h8-9H,2-7H2,1H3,(H,12,16). The summed E-state index contributed by atoms with van der Waals surface area (Å²) in [6.07, 6.45) is 5.37. The number of piperidine rings is 1. The quantitative estimate of drug-likeness (QED) is 0.875. The van der Waals surface area contributed by atoms with Gasteiger partial charge in [0.1, 0.15) is 0 Å². The van der Waals surface area contributed by atoms with E-state index in [2.05, 4.69) is 25.9 Å². The van der Waals surface area contributed by atoms with Gasteiger partial charge in [0.15, 0.2) is 5.69 Å². The van der Waals surface area contributed by atoms with Gasteiger partial charge in [0.2, 0.25) is 0 Å². The van der Waals surface area contributed by atoms with Crippen molar-refractivity contribution in [3.63, 3.8) is 0 Å². The molecule has 2 rings (SSSR count). The zero-order chi connectivity index (χ0) is 12.1. The number of hydrogen-bond acceptors (Lipinski definition) is 5. The Kier molecular flexibility index (Phi) is 4.44. The molecule has 94 valence electrons. The van der Waals surface area contributed by atoms with Crippen molar-refractivity contribution in [3.05, 3.63) is 11.9 Å². The Morgan fingerprint density at radius 1 is 1.65 bits per heavy atom. The summed E-state index contributed by atoms with van der Waals surface area (Å²) < 4.78 is 7.71. The summed E-state index contributed by atoms with van der Waals surface area (Å²) in [5.74, 6) is -0.122. The van der Waals surface area contributed by atoms with Gasteiger partial charge >= 0.3 is 0 Å². The Morgan fingerprint density at radius 2 is 2.53 bits per heavy atom. The average Bonchev–Trinajstić information content (AvgIpc) is 2.85. The molecule has 5 nitrogen and oxygen atoms in total. The fourth-order valence-corrected chi connectivity index (χ4v) is 2.57. The Morgan fingerprint density at radius 3 is 3.24 bits per heavy atom. The number of carbonyl (C=O) groups is 1. The van der Waals surface area contributed by atoms with E-state index < -0.39 is 0 Å². The third-order valence-corrected chi connectivity index (χ3v) is 3.70. The molecule has 6 heteroatoms. The van der Waals surface area contributed by atoms with Crippen LogP contribution in [0.1, 0.15) is 36.7 Å². The predicted molar refractivity (Wildman–Crippen MR) is 67.1 cm³/mol. The van der Waals surface area contributed by atoms with E-state index in [0.717, 1.165) is 24.8 Å². The van der Waals surface area contributed by atoms with E-state index in [4.69, 9.17) is 0 Å². The molecule has 2 heterocycles. The van der Waals surface area contributed by atoms with E-state index in [1.807, 2.05) is 0 Å². The molecule has 1 unspecified atom stereocenters. The van der Waals surface area contributed by atoms with Crippen molar-refractivity contribution >= 4 is 17.6 Å². The highest BCUT2D eigenvalue weighted by molar-refractivity contribution is 6.99. The van der Waals surface area contributed by atoms with Gasteiger partial charge in [0, 0.05) is 19.1 Å². The lowest BCUT2D eigenvalue weighted by Crippen LogP contribution is -2.42. The molecule has 1 amide bonds. The van der Waals surface area contributed by atoms with E-state index in [1.54, 1.807) is 0 Å². The van der Waals surface area contributed by atoms with Gasteiger partial charge < -0.3 is 5.32 Å². The fraction of sp³-hybridized carbons (Fsp3) is 0.727. The van der Waals surface area contributed by atoms with Crippen molar-refractivity contribution < 1.29 is 4.79 Å². The topological polar surface area (TPSA) is 58.1 Å². The molecular formula is C11H18N4OS. The van der Waals surface area contributed by atoms with Crippen molar-refractivity contribution in [1.82, 2.24) is 19.0 Å². The van der Waals surface area contributed by atoms with Gasteiger partial charge in [0.25, 0.3) is 5.91 Å². The molecule has 17 heavy (non-hydrogen) atoms. The SMILES string of the molecule is CC1CCCCN1CCNC(=O)c1cnsn1. The highest BCUT2D eigenvalue weighted by Crippen LogP contribution is 2.15. The molecule has 0 aliphatic carbocycles. The normalized spacial score (nSPS) is 21.4. The molecule has 1 aliphatic rings. The number of likely N-dealkylation sites (tertiary alicyclic amines) is 1. The molecule has 0 saturated carbocycles. The van der Waals surface area contributed by atoms with Crippen molar-refractivity contribution in [2.45, 2.75) is 32.2 Å². The second-order valence-electron chi connectivity index (χ2n) is 4.43. The van der Waals surface area contributed by atoms with E-state index in [9.17, 15) is 4.79 Å². The van der Waals surface area contributed by atoms with Gasteiger partial charge in [0.05, 0.1) is 17.9 Å². The number of nitrogens with one attached hydrogen (secondary N) is 1. The second-order valence-corrected chi connectivity index (χ2v) is 4.99. The van der Waals surface area contributed by atoms with Crippen LogP contribution in [-0.2, 0) is 0 Å².